The molecule has 5 heteroatoms. The van der Waals surface area contributed by atoms with Gasteiger partial charge in [-0.05, 0) is 39.2 Å². The van der Waals surface area contributed by atoms with Gasteiger partial charge in [0.1, 0.15) is 5.60 Å². The van der Waals surface area contributed by atoms with E-state index in [1.54, 1.807) is 20.8 Å². The van der Waals surface area contributed by atoms with Crippen molar-refractivity contribution in [1.82, 2.24) is 4.90 Å². The molecule has 0 aromatic carbocycles. The van der Waals surface area contributed by atoms with Crippen LogP contribution in [0.1, 0.15) is 33.6 Å². The highest BCUT2D eigenvalue weighted by molar-refractivity contribution is 5.72. The van der Waals surface area contributed by atoms with Crippen molar-refractivity contribution in [2.75, 3.05) is 13.1 Å². The molecule has 96 valence electrons. The van der Waals surface area contributed by atoms with Crippen LogP contribution in [0.5, 0.6) is 0 Å². The number of halogens is 1. The summed E-state index contributed by atoms with van der Waals surface area (Å²) in [5.74, 6) is -0.700. The SMILES string of the molecule is CC(C)(C)OC(=O)N1CCC(=C(F)C=O)CC1. The van der Waals surface area contributed by atoms with E-state index >= 15 is 0 Å². The van der Waals surface area contributed by atoms with E-state index in [1.807, 2.05) is 0 Å². The maximum atomic E-state index is 13.0. The van der Waals surface area contributed by atoms with Crippen molar-refractivity contribution >= 4 is 12.4 Å². The van der Waals surface area contributed by atoms with Gasteiger partial charge in [0.2, 0.25) is 0 Å². The number of carbonyl (C=O) groups excluding carboxylic acids is 2. The van der Waals surface area contributed by atoms with Crippen molar-refractivity contribution < 1.29 is 18.7 Å². The van der Waals surface area contributed by atoms with Gasteiger partial charge in [0.25, 0.3) is 0 Å². The molecule has 17 heavy (non-hydrogen) atoms. The molecule has 0 aromatic rings. The molecule has 1 amide bonds. The quantitative estimate of drug-likeness (QED) is 0.525. The number of rotatable bonds is 1. The molecule has 1 aliphatic heterocycles. The number of hydrogen-bond acceptors (Lipinski definition) is 3. The van der Waals surface area contributed by atoms with Gasteiger partial charge in [-0.15, -0.1) is 0 Å². The van der Waals surface area contributed by atoms with E-state index < -0.39 is 11.4 Å². The Bertz CT molecular complexity index is 334. The summed E-state index contributed by atoms with van der Waals surface area (Å²) >= 11 is 0. The van der Waals surface area contributed by atoms with Crippen LogP contribution >= 0.6 is 0 Å². The van der Waals surface area contributed by atoms with E-state index in [0.29, 0.717) is 31.5 Å². The highest BCUT2D eigenvalue weighted by atomic mass is 19.1. The van der Waals surface area contributed by atoms with E-state index in [4.69, 9.17) is 4.74 Å². The Morgan fingerprint density at radius 3 is 2.29 bits per heavy atom. The predicted molar refractivity (Wildman–Crippen MR) is 61.2 cm³/mol. The Balaban J connectivity index is 2.53. The molecule has 0 spiro atoms. The van der Waals surface area contributed by atoms with Gasteiger partial charge in [-0.1, -0.05) is 0 Å². The van der Waals surface area contributed by atoms with Gasteiger partial charge in [-0.2, -0.15) is 0 Å². The summed E-state index contributed by atoms with van der Waals surface area (Å²) < 4.78 is 18.2. The molecule has 0 saturated carbocycles. The summed E-state index contributed by atoms with van der Waals surface area (Å²) in [7, 11) is 0. The highest BCUT2D eigenvalue weighted by Crippen LogP contribution is 2.21. The lowest BCUT2D eigenvalue weighted by molar-refractivity contribution is -0.106. The molecular formula is C12H18FNO3. The van der Waals surface area contributed by atoms with Gasteiger partial charge in [0.15, 0.2) is 12.1 Å². The van der Waals surface area contributed by atoms with Gasteiger partial charge < -0.3 is 9.64 Å². The van der Waals surface area contributed by atoms with Crippen LogP contribution in [0.3, 0.4) is 0 Å². The van der Waals surface area contributed by atoms with Crippen LogP contribution in [0, 0.1) is 0 Å². The second kappa shape index (κ2) is 5.29. The Hall–Kier alpha value is -1.39. The van der Waals surface area contributed by atoms with E-state index in [9.17, 15) is 14.0 Å². The van der Waals surface area contributed by atoms with Crippen LogP contribution in [0.4, 0.5) is 9.18 Å². The molecule has 1 aliphatic rings. The van der Waals surface area contributed by atoms with Gasteiger partial charge in [0, 0.05) is 13.1 Å². The zero-order valence-corrected chi connectivity index (χ0v) is 10.5. The van der Waals surface area contributed by atoms with E-state index in [-0.39, 0.29) is 12.4 Å². The Morgan fingerprint density at radius 1 is 1.35 bits per heavy atom. The summed E-state index contributed by atoms with van der Waals surface area (Å²) in [4.78, 5) is 23.5. The molecule has 1 saturated heterocycles. The number of piperidine rings is 1. The molecule has 0 N–H and O–H groups in total. The second-order valence-corrected chi connectivity index (χ2v) is 5.04. The molecule has 0 aromatic heterocycles. The third-order valence-corrected chi connectivity index (χ3v) is 2.46. The molecule has 4 nitrogen and oxygen atoms in total. The normalized spacial score (nSPS) is 16.7. The lowest BCUT2D eigenvalue weighted by Crippen LogP contribution is -2.40. The molecule has 0 atom stereocenters. The number of allylic oxidation sites excluding steroid dienone is 1. The number of carbonyl (C=O) groups is 2. The Kier molecular flexibility index (Phi) is 4.26. The first-order chi connectivity index (χ1) is 7.83. The second-order valence-electron chi connectivity index (χ2n) is 5.04. The van der Waals surface area contributed by atoms with Crippen LogP contribution in [0.15, 0.2) is 11.4 Å². The summed E-state index contributed by atoms with van der Waals surface area (Å²) in [6, 6.07) is 0. The highest BCUT2D eigenvalue weighted by Gasteiger charge is 2.25. The summed E-state index contributed by atoms with van der Waals surface area (Å²) in [6.07, 6.45) is 0.620. The minimum absolute atomic E-state index is 0.221. The maximum absolute atomic E-state index is 13.0. The zero-order chi connectivity index (χ0) is 13.1. The first-order valence-electron chi connectivity index (χ1n) is 5.64. The van der Waals surface area contributed by atoms with Gasteiger partial charge >= 0.3 is 6.09 Å². The van der Waals surface area contributed by atoms with Crippen molar-refractivity contribution in [2.45, 2.75) is 39.2 Å². The molecular weight excluding hydrogens is 225 g/mol. The summed E-state index contributed by atoms with van der Waals surface area (Å²) in [5.41, 5.74) is -0.0406. The summed E-state index contributed by atoms with van der Waals surface area (Å²) in [5, 5.41) is 0. The van der Waals surface area contributed by atoms with Crippen LogP contribution in [-0.2, 0) is 9.53 Å². The van der Waals surface area contributed by atoms with Crippen molar-refractivity contribution in [3.05, 3.63) is 11.4 Å². The smallest absolute Gasteiger partial charge is 0.410 e. The fourth-order valence-electron chi connectivity index (χ4n) is 1.61. The topological polar surface area (TPSA) is 46.6 Å². The lowest BCUT2D eigenvalue weighted by atomic mass is 10.0. The Morgan fingerprint density at radius 2 is 1.88 bits per heavy atom. The van der Waals surface area contributed by atoms with E-state index in [2.05, 4.69) is 0 Å². The lowest BCUT2D eigenvalue weighted by Gasteiger charge is -2.30. The van der Waals surface area contributed by atoms with E-state index in [1.165, 1.54) is 4.90 Å². The van der Waals surface area contributed by atoms with Crippen molar-refractivity contribution in [3.8, 4) is 0 Å². The number of hydrogen-bond donors (Lipinski definition) is 0. The molecule has 0 radical (unpaired) electrons. The van der Waals surface area contributed by atoms with Crippen LogP contribution in [-0.4, -0.2) is 36.0 Å². The van der Waals surface area contributed by atoms with Crippen molar-refractivity contribution in [3.63, 3.8) is 0 Å². The van der Waals surface area contributed by atoms with Gasteiger partial charge in [0.05, 0.1) is 0 Å². The standard InChI is InChI=1S/C12H18FNO3/c1-12(2,3)17-11(16)14-6-4-9(5-7-14)10(13)8-15/h8H,4-7H2,1-3H3. The zero-order valence-electron chi connectivity index (χ0n) is 10.5. The minimum atomic E-state index is -0.700. The summed E-state index contributed by atoms with van der Waals surface area (Å²) in [6.45, 7) is 6.18. The third kappa shape index (κ3) is 4.17. The van der Waals surface area contributed by atoms with Crippen LogP contribution in [0.2, 0.25) is 0 Å². The largest absolute Gasteiger partial charge is 0.444 e. The van der Waals surface area contributed by atoms with Gasteiger partial charge in [-0.25, -0.2) is 9.18 Å². The number of ether oxygens (including phenoxy) is 1. The third-order valence-electron chi connectivity index (χ3n) is 2.46. The molecule has 0 aliphatic carbocycles. The molecule has 0 unspecified atom stereocenters. The van der Waals surface area contributed by atoms with Crippen molar-refractivity contribution in [1.29, 1.82) is 0 Å². The number of likely N-dealkylation sites (tertiary alicyclic amines) is 1. The van der Waals surface area contributed by atoms with Crippen LogP contribution < -0.4 is 0 Å². The monoisotopic (exact) mass is 243 g/mol. The Labute approximate surface area is 100 Å². The number of nitrogens with zero attached hydrogens (tertiary/aromatic N) is 1. The number of amides is 1. The molecule has 0 bridgehead atoms. The molecule has 1 heterocycles. The molecule has 1 rings (SSSR count). The first kappa shape index (κ1) is 13.7. The van der Waals surface area contributed by atoms with Gasteiger partial charge in [-0.3, -0.25) is 4.79 Å². The minimum Gasteiger partial charge on any atom is -0.444 e. The van der Waals surface area contributed by atoms with Crippen molar-refractivity contribution in [2.24, 2.45) is 0 Å². The first-order valence-corrected chi connectivity index (χ1v) is 5.64. The average Bonchev–Trinajstić information content (AvgIpc) is 2.26. The maximum Gasteiger partial charge on any atom is 0.410 e. The average molecular weight is 243 g/mol. The number of aldehydes is 1. The fourth-order valence-corrected chi connectivity index (χ4v) is 1.61. The van der Waals surface area contributed by atoms with E-state index in [0.717, 1.165) is 0 Å². The molecule has 1 fully saturated rings. The fraction of sp³-hybridized carbons (Fsp3) is 0.667. The predicted octanol–water partition coefficient (Wildman–Crippen LogP) is 2.44. The van der Waals surface area contributed by atoms with Crippen LogP contribution in [0.25, 0.3) is 0 Å².